The number of hydrogen-bond acceptors (Lipinski definition) is 4. The monoisotopic (exact) mass is 534 g/mol. The number of nitrogens with one attached hydrogen (secondary N) is 2. The van der Waals surface area contributed by atoms with Crippen LogP contribution in [0, 0.1) is 0 Å². The van der Waals surface area contributed by atoms with Gasteiger partial charge in [-0.25, -0.2) is 9.69 Å². The van der Waals surface area contributed by atoms with Crippen LogP contribution in [0.15, 0.2) is 72.8 Å². The summed E-state index contributed by atoms with van der Waals surface area (Å²) >= 11 is 0. The SMILES string of the molecule is COc1ccc(C2c3[nH]c4ccccc4c3CC3C(=O)N(c4ccccc4C(=O)NC4CCCC4)C(=O)N32)cc1. The summed E-state index contributed by atoms with van der Waals surface area (Å²) in [6.07, 6.45) is 4.46. The molecule has 2 fully saturated rings. The minimum absolute atomic E-state index is 0.120. The van der Waals surface area contributed by atoms with E-state index in [-0.39, 0.29) is 17.9 Å². The summed E-state index contributed by atoms with van der Waals surface area (Å²) < 4.78 is 5.37. The molecular formula is C32H30N4O4. The first-order chi connectivity index (χ1) is 19.5. The highest BCUT2D eigenvalue weighted by Gasteiger charge is 2.53. The van der Waals surface area contributed by atoms with Crippen molar-refractivity contribution in [1.82, 2.24) is 15.2 Å². The maximum atomic E-state index is 14.3. The number of para-hydroxylation sites is 2. The third-order valence-electron chi connectivity index (χ3n) is 8.56. The molecule has 7 rings (SSSR count). The van der Waals surface area contributed by atoms with Crippen molar-refractivity contribution in [3.05, 3.63) is 95.2 Å². The van der Waals surface area contributed by atoms with Crippen LogP contribution in [-0.2, 0) is 11.2 Å². The van der Waals surface area contributed by atoms with E-state index in [2.05, 4.69) is 10.3 Å². The molecule has 0 bridgehead atoms. The number of fused-ring (bicyclic) bond motifs is 4. The minimum atomic E-state index is -0.697. The van der Waals surface area contributed by atoms with E-state index >= 15 is 0 Å². The zero-order chi connectivity index (χ0) is 27.4. The molecule has 202 valence electrons. The van der Waals surface area contributed by atoms with Crippen molar-refractivity contribution in [2.24, 2.45) is 0 Å². The van der Waals surface area contributed by atoms with Gasteiger partial charge in [0.25, 0.3) is 11.8 Å². The topological polar surface area (TPSA) is 94.7 Å². The molecule has 4 aromatic rings. The van der Waals surface area contributed by atoms with E-state index in [1.807, 2.05) is 48.5 Å². The number of nitrogens with zero attached hydrogens (tertiary/aromatic N) is 2. The number of urea groups is 1. The molecule has 0 spiro atoms. The smallest absolute Gasteiger partial charge is 0.332 e. The Bertz CT molecular complexity index is 1640. The molecule has 8 nitrogen and oxygen atoms in total. The standard InChI is InChI=1S/C32H30N4O4/c1-40-21-16-14-19(15-17-21)29-28-24(22-10-4-6-12-25(22)34-28)18-27-31(38)36(32(39)35(27)29)26-13-7-5-11-23(26)30(37)33-20-8-2-3-9-20/h4-7,10-17,20,27,29,34H,2-3,8-9,18H2,1H3,(H,33,37). The van der Waals surface area contributed by atoms with Gasteiger partial charge in [-0.3, -0.25) is 14.5 Å². The average molecular weight is 535 g/mol. The molecule has 0 radical (unpaired) electrons. The van der Waals surface area contributed by atoms with Crippen LogP contribution in [0.25, 0.3) is 10.9 Å². The van der Waals surface area contributed by atoms with E-state index < -0.39 is 18.1 Å². The molecule has 1 saturated heterocycles. The number of carbonyl (C=O) groups is 3. The van der Waals surface area contributed by atoms with E-state index in [0.29, 0.717) is 23.4 Å². The maximum absolute atomic E-state index is 14.3. The quantitative estimate of drug-likeness (QED) is 0.338. The van der Waals surface area contributed by atoms with Crippen LogP contribution in [0.2, 0.25) is 0 Å². The van der Waals surface area contributed by atoms with Crippen LogP contribution >= 0.6 is 0 Å². The molecule has 1 saturated carbocycles. The lowest BCUT2D eigenvalue weighted by atomic mass is 9.89. The largest absolute Gasteiger partial charge is 0.497 e. The van der Waals surface area contributed by atoms with E-state index in [1.165, 1.54) is 4.90 Å². The van der Waals surface area contributed by atoms with Gasteiger partial charge in [-0.05, 0) is 54.3 Å². The third-order valence-corrected chi connectivity index (χ3v) is 8.56. The Morgan fingerprint density at radius 3 is 2.45 bits per heavy atom. The van der Waals surface area contributed by atoms with Crippen molar-refractivity contribution in [3.8, 4) is 5.75 Å². The Balaban J connectivity index is 1.32. The Hall–Kier alpha value is -4.59. The summed E-state index contributed by atoms with van der Waals surface area (Å²) in [5.74, 6) is 0.136. The van der Waals surface area contributed by atoms with Gasteiger partial charge >= 0.3 is 6.03 Å². The number of aromatic amines is 1. The van der Waals surface area contributed by atoms with Crippen LogP contribution in [0.1, 0.15) is 58.9 Å². The predicted octanol–water partition coefficient (Wildman–Crippen LogP) is 5.33. The van der Waals surface area contributed by atoms with Gasteiger partial charge in [0, 0.05) is 29.1 Å². The van der Waals surface area contributed by atoms with Gasteiger partial charge < -0.3 is 15.0 Å². The Kier molecular flexibility index (Phi) is 5.84. The van der Waals surface area contributed by atoms with Crippen LogP contribution in [0.4, 0.5) is 10.5 Å². The first kappa shape index (κ1) is 24.5. The van der Waals surface area contributed by atoms with Crippen LogP contribution < -0.4 is 15.0 Å². The van der Waals surface area contributed by atoms with Crippen molar-refractivity contribution >= 4 is 34.4 Å². The molecule has 4 amide bonds. The molecule has 3 heterocycles. The average Bonchev–Trinajstić information content (AvgIpc) is 3.69. The lowest BCUT2D eigenvalue weighted by molar-refractivity contribution is -0.120. The van der Waals surface area contributed by atoms with Gasteiger partial charge in [-0.15, -0.1) is 0 Å². The molecule has 40 heavy (non-hydrogen) atoms. The van der Waals surface area contributed by atoms with E-state index in [0.717, 1.165) is 53.4 Å². The molecule has 1 aromatic heterocycles. The molecule has 2 atom stereocenters. The highest BCUT2D eigenvalue weighted by Crippen LogP contribution is 2.45. The number of anilines is 1. The molecule has 3 aromatic carbocycles. The van der Waals surface area contributed by atoms with Crippen molar-refractivity contribution in [2.75, 3.05) is 12.0 Å². The molecule has 3 aliphatic rings. The first-order valence-corrected chi connectivity index (χ1v) is 13.8. The van der Waals surface area contributed by atoms with Gasteiger partial charge in [-0.1, -0.05) is 55.3 Å². The number of imide groups is 1. The van der Waals surface area contributed by atoms with Crippen LogP contribution in [0.3, 0.4) is 0 Å². The summed E-state index contributed by atoms with van der Waals surface area (Å²) in [6, 6.07) is 21.0. The second-order valence-electron chi connectivity index (χ2n) is 10.8. The second-order valence-corrected chi connectivity index (χ2v) is 10.8. The van der Waals surface area contributed by atoms with Crippen molar-refractivity contribution < 1.29 is 19.1 Å². The third kappa shape index (κ3) is 3.78. The number of hydrogen-bond donors (Lipinski definition) is 2. The summed E-state index contributed by atoms with van der Waals surface area (Å²) in [4.78, 5) is 48.2. The minimum Gasteiger partial charge on any atom is -0.497 e. The molecular weight excluding hydrogens is 504 g/mol. The summed E-state index contributed by atoms with van der Waals surface area (Å²) in [6.45, 7) is 0. The Labute approximate surface area is 231 Å². The lowest BCUT2D eigenvalue weighted by Crippen LogP contribution is -2.44. The van der Waals surface area contributed by atoms with Crippen molar-refractivity contribution in [1.29, 1.82) is 0 Å². The zero-order valence-corrected chi connectivity index (χ0v) is 22.2. The fourth-order valence-electron chi connectivity index (χ4n) is 6.62. The van der Waals surface area contributed by atoms with Crippen LogP contribution in [-0.4, -0.2) is 46.9 Å². The Morgan fingerprint density at radius 2 is 1.68 bits per heavy atom. The first-order valence-electron chi connectivity index (χ1n) is 13.8. The summed E-state index contributed by atoms with van der Waals surface area (Å²) in [5.41, 5.74) is 4.43. The molecule has 2 unspecified atom stereocenters. The highest BCUT2D eigenvalue weighted by molar-refractivity contribution is 6.24. The van der Waals surface area contributed by atoms with E-state index in [1.54, 1.807) is 36.3 Å². The fraction of sp³-hybridized carbons (Fsp3) is 0.281. The zero-order valence-electron chi connectivity index (χ0n) is 22.2. The fourth-order valence-corrected chi connectivity index (χ4v) is 6.62. The molecule has 2 aliphatic heterocycles. The number of carbonyl (C=O) groups excluding carboxylic acids is 3. The second kappa shape index (κ2) is 9.55. The van der Waals surface area contributed by atoms with Gasteiger partial charge in [-0.2, -0.15) is 0 Å². The van der Waals surface area contributed by atoms with Crippen LogP contribution in [0.5, 0.6) is 5.75 Å². The number of rotatable bonds is 5. The normalized spacial score (nSPS) is 20.6. The number of aromatic nitrogens is 1. The number of H-pyrrole nitrogens is 1. The number of methoxy groups -OCH3 is 1. The van der Waals surface area contributed by atoms with E-state index in [9.17, 15) is 14.4 Å². The highest BCUT2D eigenvalue weighted by atomic mass is 16.5. The van der Waals surface area contributed by atoms with Gasteiger partial charge in [0.05, 0.1) is 18.4 Å². The predicted molar refractivity (Wildman–Crippen MR) is 152 cm³/mol. The number of amides is 4. The van der Waals surface area contributed by atoms with Crippen molar-refractivity contribution in [3.63, 3.8) is 0 Å². The van der Waals surface area contributed by atoms with Crippen molar-refractivity contribution in [2.45, 2.75) is 50.2 Å². The molecule has 1 aliphatic carbocycles. The number of benzene rings is 3. The summed E-state index contributed by atoms with van der Waals surface area (Å²) in [7, 11) is 1.61. The molecule has 8 heteroatoms. The molecule has 2 N–H and O–H groups in total. The Morgan fingerprint density at radius 1 is 0.950 bits per heavy atom. The van der Waals surface area contributed by atoms with E-state index in [4.69, 9.17) is 4.74 Å². The summed E-state index contributed by atoms with van der Waals surface area (Å²) in [5, 5.41) is 4.16. The van der Waals surface area contributed by atoms with Gasteiger partial charge in [0.15, 0.2) is 0 Å². The van der Waals surface area contributed by atoms with Gasteiger partial charge in [0.1, 0.15) is 17.8 Å². The maximum Gasteiger partial charge on any atom is 0.332 e. The van der Waals surface area contributed by atoms with Gasteiger partial charge in [0.2, 0.25) is 0 Å². The number of ether oxygens (including phenoxy) is 1. The lowest BCUT2D eigenvalue weighted by Gasteiger charge is -2.36.